The molecule has 0 amide bonds. The summed E-state index contributed by atoms with van der Waals surface area (Å²) in [6, 6.07) is 5.27. The van der Waals surface area contributed by atoms with Gasteiger partial charge in [-0.25, -0.2) is 4.39 Å². The van der Waals surface area contributed by atoms with Crippen LogP contribution in [0.4, 0.5) is 17.6 Å². The quantitative estimate of drug-likeness (QED) is 0.673. The lowest BCUT2D eigenvalue weighted by Gasteiger charge is -2.15. The van der Waals surface area contributed by atoms with E-state index in [1.54, 1.807) is 0 Å². The van der Waals surface area contributed by atoms with Crippen molar-refractivity contribution in [1.29, 1.82) is 0 Å². The Morgan fingerprint density at radius 1 is 1.35 bits per heavy atom. The van der Waals surface area contributed by atoms with Crippen LogP contribution in [0.1, 0.15) is 0 Å². The molecular formula is C10H8F4O2S. The first-order valence-corrected chi connectivity index (χ1v) is 5.48. The van der Waals surface area contributed by atoms with Crippen LogP contribution < -0.4 is 0 Å². The fourth-order valence-corrected chi connectivity index (χ4v) is 2.10. The maximum Gasteiger partial charge on any atom is 0.403 e. The highest BCUT2D eigenvalue weighted by Gasteiger charge is 2.44. The van der Waals surface area contributed by atoms with Gasteiger partial charge in [0.2, 0.25) is 0 Å². The molecule has 1 atom stereocenters. The number of carboxylic acids is 1. The molecule has 0 radical (unpaired) electrons. The lowest BCUT2D eigenvalue weighted by Crippen LogP contribution is -2.32. The predicted molar refractivity (Wildman–Crippen MR) is 54.3 cm³/mol. The second kappa shape index (κ2) is 5.39. The van der Waals surface area contributed by atoms with Crippen LogP contribution in [0.5, 0.6) is 0 Å². The minimum Gasteiger partial charge on any atom is -0.481 e. The summed E-state index contributed by atoms with van der Waals surface area (Å²) >= 11 is 0.535. The molecule has 0 aliphatic heterocycles. The maximum atomic E-state index is 13.1. The molecule has 1 aromatic rings. The van der Waals surface area contributed by atoms with E-state index in [1.807, 2.05) is 0 Å². The molecule has 0 fully saturated rings. The van der Waals surface area contributed by atoms with Gasteiger partial charge in [0.25, 0.3) is 0 Å². The van der Waals surface area contributed by atoms with Gasteiger partial charge in [0.15, 0.2) is 5.92 Å². The van der Waals surface area contributed by atoms with E-state index in [2.05, 4.69) is 0 Å². The second-order valence-electron chi connectivity index (χ2n) is 3.17. The van der Waals surface area contributed by atoms with Crippen LogP contribution in [-0.4, -0.2) is 23.0 Å². The highest BCUT2D eigenvalue weighted by molar-refractivity contribution is 7.99. The molecule has 0 spiro atoms. The summed E-state index contributed by atoms with van der Waals surface area (Å²) in [7, 11) is 0. The summed E-state index contributed by atoms with van der Waals surface area (Å²) in [6.45, 7) is 0. The number of carbonyl (C=O) groups is 1. The standard InChI is InChI=1S/C10H8F4O2S/c11-7-3-1-2-4-8(7)17-5-6(9(15)16)10(12,13)14/h1-4,6H,5H2,(H,15,16). The summed E-state index contributed by atoms with van der Waals surface area (Å²) in [5.41, 5.74) is 0. The molecule has 7 heteroatoms. The monoisotopic (exact) mass is 268 g/mol. The third kappa shape index (κ3) is 3.92. The van der Waals surface area contributed by atoms with Crippen LogP contribution in [0.3, 0.4) is 0 Å². The topological polar surface area (TPSA) is 37.3 Å². The minimum atomic E-state index is -4.83. The third-order valence-electron chi connectivity index (χ3n) is 1.94. The molecule has 1 unspecified atom stereocenters. The summed E-state index contributed by atoms with van der Waals surface area (Å²) in [4.78, 5) is 10.4. The van der Waals surface area contributed by atoms with Crippen LogP contribution in [0.15, 0.2) is 29.2 Å². The fourth-order valence-electron chi connectivity index (χ4n) is 1.04. The average molecular weight is 268 g/mol. The molecule has 0 saturated carbocycles. The molecule has 1 rings (SSSR count). The van der Waals surface area contributed by atoms with E-state index in [-0.39, 0.29) is 4.90 Å². The molecule has 0 aromatic heterocycles. The van der Waals surface area contributed by atoms with Crippen molar-refractivity contribution >= 4 is 17.7 Å². The summed E-state index contributed by atoms with van der Waals surface area (Å²) in [6.07, 6.45) is -4.83. The Morgan fingerprint density at radius 2 is 1.94 bits per heavy atom. The first-order chi connectivity index (χ1) is 7.82. The second-order valence-corrected chi connectivity index (χ2v) is 4.24. The molecule has 1 N–H and O–H groups in total. The lowest BCUT2D eigenvalue weighted by atomic mass is 10.2. The predicted octanol–water partition coefficient (Wildman–Crippen LogP) is 3.18. The van der Waals surface area contributed by atoms with Crippen LogP contribution in [-0.2, 0) is 4.79 Å². The molecule has 17 heavy (non-hydrogen) atoms. The number of hydrogen-bond acceptors (Lipinski definition) is 2. The van der Waals surface area contributed by atoms with Crippen molar-refractivity contribution in [2.75, 3.05) is 5.75 Å². The van der Waals surface area contributed by atoms with E-state index in [4.69, 9.17) is 5.11 Å². The number of halogens is 4. The van der Waals surface area contributed by atoms with Crippen molar-refractivity contribution in [3.63, 3.8) is 0 Å². The molecule has 0 bridgehead atoms. The lowest BCUT2D eigenvalue weighted by molar-refractivity contribution is -0.188. The van der Waals surface area contributed by atoms with E-state index in [1.165, 1.54) is 18.2 Å². The molecule has 0 heterocycles. The van der Waals surface area contributed by atoms with Crippen LogP contribution in [0.2, 0.25) is 0 Å². The minimum absolute atomic E-state index is 0.00278. The zero-order valence-corrected chi connectivity index (χ0v) is 9.19. The third-order valence-corrected chi connectivity index (χ3v) is 3.08. The highest BCUT2D eigenvalue weighted by Crippen LogP contribution is 2.32. The van der Waals surface area contributed by atoms with Crippen molar-refractivity contribution in [3.8, 4) is 0 Å². The van der Waals surface area contributed by atoms with Crippen molar-refractivity contribution in [3.05, 3.63) is 30.1 Å². The van der Waals surface area contributed by atoms with Crippen LogP contribution in [0.25, 0.3) is 0 Å². The van der Waals surface area contributed by atoms with Gasteiger partial charge in [0.1, 0.15) is 5.82 Å². The first kappa shape index (κ1) is 13.8. The van der Waals surface area contributed by atoms with Gasteiger partial charge in [-0.2, -0.15) is 13.2 Å². The summed E-state index contributed by atoms with van der Waals surface area (Å²) in [5.74, 6) is -5.86. The molecule has 2 nitrogen and oxygen atoms in total. The zero-order valence-electron chi connectivity index (χ0n) is 8.37. The Hall–Kier alpha value is -1.24. The zero-order chi connectivity index (χ0) is 13.1. The summed E-state index contributed by atoms with van der Waals surface area (Å²) < 4.78 is 49.9. The SMILES string of the molecule is O=C(O)C(CSc1ccccc1F)C(F)(F)F. The number of aliphatic carboxylic acids is 1. The van der Waals surface area contributed by atoms with E-state index in [0.717, 1.165) is 6.07 Å². The van der Waals surface area contributed by atoms with Gasteiger partial charge in [-0.3, -0.25) is 4.79 Å². The van der Waals surface area contributed by atoms with Crippen LogP contribution in [0, 0.1) is 11.7 Å². The van der Waals surface area contributed by atoms with Crippen molar-refractivity contribution in [2.45, 2.75) is 11.1 Å². The fraction of sp³-hybridized carbons (Fsp3) is 0.300. The largest absolute Gasteiger partial charge is 0.481 e. The molecule has 94 valence electrons. The van der Waals surface area contributed by atoms with Crippen molar-refractivity contribution in [1.82, 2.24) is 0 Å². The Kier molecular flexibility index (Phi) is 4.39. The van der Waals surface area contributed by atoms with Gasteiger partial charge in [-0.15, -0.1) is 11.8 Å². The summed E-state index contributed by atoms with van der Waals surface area (Å²) in [5, 5.41) is 8.43. The van der Waals surface area contributed by atoms with Crippen LogP contribution >= 0.6 is 11.8 Å². The Balaban J connectivity index is 2.72. The average Bonchev–Trinajstić information content (AvgIpc) is 2.18. The van der Waals surface area contributed by atoms with Gasteiger partial charge in [0.05, 0.1) is 0 Å². The smallest absolute Gasteiger partial charge is 0.403 e. The van der Waals surface area contributed by atoms with Gasteiger partial charge in [-0.05, 0) is 12.1 Å². The van der Waals surface area contributed by atoms with Gasteiger partial charge >= 0.3 is 12.1 Å². The molecule has 0 saturated heterocycles. The van der Waals surface area contributed by atoms with E-state index < -0.39 is 29.6 Å². The Bertz CT molecular complexity index is 406. The first-order valence-electron chi connectivity index (χ1n) is 4.49. The molecule has 0 aliphatic carbocycles. The van der Waals surface area contributed by atoms with Gasteiger partial charge in [-0.1, -0.05) is 12.1 Å². The van der Waals surface area contributed by atoms with Gasteiger partial charge in [0, 0.05) is 10.6 Å². The van der Waals surface area contributed by atoms with Gasteiger partial charge < -0.3 is 5.11 Å². The Morgan fingerprint density at radius 3 is 2.41 bits per heavy atom. The molecule has 1 aromatic carbocycles. The number of rotatable bonds is 4. The van der Waals surface area contributed by atoms with Crippen molar-refractivity contribution < 1.29 is 27.5 Å². The number of benzene rings is 1. The molecular weight excluding hydrogens is 260 g/mol. The normalized spacial score (nSPS) is 13.4. The number of hydrogen-bond donors (Lipinski definition) is 1. The van der Waals surface area contributed by atoms with Crippen molar-refractivity contribution in [2.24, 2.45) is 5.92 Å². The highest BCUT2D eigenvalue weighted by atomic mass is 32.2. The molecule has 0 aliphatic rings. The number of thioether (sulfide) groups is 1. The maximum absolute atomic E-state index is 13.1. The number of alkyl halides is 3. The van der Waals surface area contributed by atoms with E-state index in [9.17, 15) is 22.4 Å². The van der Waals surface area contributed by atoms with E-state index in [0.29, 0.717) is 11.8 Å². The Labute approximate surface area is 98.6 Å². The van der Waals surface area contributed by atoms with E-state index >= 15 is 0 Å². The number of carboxylic acid groups (broad SMARTS) is 1.